The molecule has 0 spiro atoms. The molecule has 1 amide bonds. The molecule has 0 atom stereocenters. The van der Waals surface area contributed by atoms with E-state index in [0.717, 1.165) is 36.7 Å². The van der Waals surface area contributed by atoms with E-state index in [1.165, 1.54) is 0 Å². The number of piperazine rings is 1. The number of ether oxygens (including phenoxy) is 2. The Morgan fingerprint density at radius 2 is 1.82 bits per heavy atom. The summed E-state index contributed by atoms with van der Waals surface area (Å²) in [6.07, 6.45) is -0.0140. The number of amides is 1. The zero-order chi connectivity index (χ0) is 20.4. The first kappa shape index (κ1) is 22.0. The minimum absolute atomic E-state index is 0.218. The molecule has 0 bridgehead atoms. The van der Waals surface area contributed by atoms with E-state index >= 15 is 0 Å². The highest BCUT2D eigenvalue weighted by atomic mass is 16.6. The van der Waals surface area contributed by atoms with E-state index < -0.39 is 0 Å². The second-order valence-electron chi connectivity index (χ2n) is 7.02. The lowest BCUT2D eigenvalue weighted by molar-refractivity contribution is 0.0657. The van der Waals surface area contributed by atoms with Crippen LogP contribution in [-0.4, -0.2) is 67.3 Å². The molecule has 0 aromatic heterocycles. The number of carbonyl (C=O) groups excluding carboxylic acids is 1. The predicted molar refractivity (Wildman–Crippen MR) is 111 cm³/mol. The van der Waals surface area contributed by atoms with Crippen LogP contribution in [0.15, 0.2) is 29.3 Å². The molecule has 2 rings (SSSR count). The molecule has 7 heteroatoms. The van der Waals surface area contributed by atoms with Crippen molar-refractivity contribution in [3.63, 3.8) is 0 Å². The summed E-state index contributed by atoms with van der Waals surface area (Å²) in [6.45, 7) is 13.2. The van der Waals surface area contributed by atoms with E-state index in [1.54, 1.807) is 4.90 Å². The summed E-state index contributed by atoms with van der Waals surface area (Å²) in [7, 11) is 0. The van der Waals surface area contributed by atoms with E-state index in [9.17, 15) is 4.79 Å². The maximum absolute atomic E-state index is 11.9. The third kappa shape index (κ3) is 7.03. The SMILES string of the molecule is CCNC(=NCc1cccc(COC(C)C)c1)N1CCN(C(=O)OCC)CC1. The fourth-order valence-electron chi connectivity index (χ4n) is 2.99. The summed E-state index contributed by atoms with van der Waals surface area (Å²) in [5.74, 6) is 0.884. The highest BCUT2D eigenvalue weighted by Gasteiger charge is 2.23. The van der Waals surface area contributed by atoms with E-state index in [4.69, 9.17) is 14.5 Å². The Balaban J connectivity index is 1.95. The third-order valence-corrected chi connectivity index (χ3v) is 4.43. The summed E-state index contributed by atoms with van der Waals surface area (Å²) >= 11 is 0. The molecule has 1 aliphatic heterocycles. The van der Waals surface area contributed by atoms with Gasteiger partial charge in [-0.15, -0.1) is 0 Å². The minimum atomic E-state index is -0.232. The highest BCUT2D eigenvalue weighted by molar-refractivity contribution is 5.80. The molecule has 7 nitrogen and oxygen atoms in total. The molecule has 0 saturated carbocycles. The molecule has 1 saturated heterocycles. The minimum Gasteiger partial charge on any atom is -0.450 e. The van der Waals surface area contributed by atoms with Gasteiger partial charge < -0.3 is 24.6 Å². The Labute approximate surface area is 168 Å². The van der Waals surface area contributed by atoms with Crippen molar-refractivity contribution >= 4 is 12.1 Å². The Kier molecular flexibility index (Phi) is 9.07. The van der Waals surface area contributed by atoms with Crippen LogP contribution >= 0.6 is 0 Å². The largest absolute Gasteiger partial charge is 0.450 e. The first-order valence-electron chi connectivity index (χ1n) is 10.2. The maximum Gasteiger partial charge on any atom is 0.409 e. The molecule has 1 aromatic rings. The Bertz CT molecular complexity index is 640. The van der Waals surface area contributed by atoms with Gasteiger partial charge >= 0.3 is 6.09 Å². The van der Waals surface area contributed by atoms with Crippen LogP contribution in [0.5, 0.6) is 0 Å². The van der Waals surface area contributed by atoms with Gasteiger partial charge in [0.15, 0.2) is 5.96 Å². The monoisotopic (exact) mass is 390 g/mol. The smallest absolute Gasteiger partial charge is 0.409 e. The van der Waals surface area contributed by atoms with E-state index in [1.807, 2.05) is 20.8 Å². The van der Waals surface area contributed by atoms with Gasteiger partial charge in [0, 0.05) is 32.7 Å². The highest BCUT2D eigenvalue weighted by Crippen LogP contribution is 2.10. The van der Waals surface area contributed by atoms with Gasteiger partial charge in [-0.1, -0.05) is 24.3 Å². The van der Waals surface area contributed by atoms with Crippen LogP contribution in [-0.2, 0) is 22.6 Å². The van der Waals surface area contributed by atoms with Crippen LogP contribution in [0.2, 0.25) is 0 Å². The fourth-order valence-corrected chi connectivity index (χ4v) is 2.99. The number of nitrogens with one attached hydrogen (secondary N) is 1. The van der Waals surface area contributed by atoms with Crippen LogP contribution in [0, 0.1) is 0 Å². The molecule has 28 heavy (non-hydrogen) atoms. The van der Waals surface area contributed by atoms with Gasteiger partial charge in [-0.2, -0.15) is 0 Å². The Hall–Kier alpha value is -2.28. The number of benzene rings is 1. The van der Waals surface area contributed by atoms with Crippen molar-refractivity contribution in [1.29, 1.82) is 0 Å². The average molecular weight is 391 g/mol. The van der Waals surface area contributed by atoms with Crippen LogP contribution in [0.3, 0.4) is 0 Å². The lowest BCUT2D eigenvalue weighted by Crippen LogP contribution is -2.53. The van der Waals surface area contributed by atoms with Gasteiger partial charge in [0.05, 0.1) is 25.9 Å². The van der Waals surface area contributed by atoms with Crippen molar-refractivity contribution in [2.45, 2.75) is 47.0 Å². The van der Waals surface area contributed by atoms with Crippen LogP contribution in [0.25, 0.3) is 0 Å². The average Bonchev–Trinajstić information content (AvgIpc) is 2.70. The zero-order valence-electron chi connectivity index (χ0n) is 17.6. The van der Waals surface area contributed by atoms with Crippen LogP contribution in [0.4, 0.5) is 4.79 Å². The molecule has 1 fully saturated rings. The number of hydrogen-bond donors (Lipinski definition) is 1. The first-order chi connectivity index (χ1) is 13.5. The van der Waals surface area contributed by atoms with Crippen molar-refractivity contribution in [3.8, 4) is 0 Å². The normalized spacial score (nSPS) is 15.1. The van der Waals surface area contributed by atoms with Gasteiger partial charge in [-0.25, -0.2) is 9.79 Å². The van der Waals surface area contributed by atoms with Crippen LogP contribution in [0.1, 0.15) is 38.8 Å². The number of aliphatic imine (C=N–C) groups is 1. The van der Waals surface area contributed by atoms with E-state index in [2.05, 4.69) is 41.4 Å². The Morgan fingerprint density at radius 3 is 2.46 bits per heavy atom. The second-order valence-corrected chi connectivity index (χ2v) is 7.02. The van der Waals surface area contributed by atoms with Gasteiger partial charge in [0.1, 0.15) is 0 Å². The molecule has 1 N–H and O–H groups in total. The van der Waals surface area contributed by atoms with Gasteiger partial charge in [0.2, 0.25) is 0 Å². The first-order valence-corrected chi connectivity index (χ1v) is 10.2. The summed E-state index contributed by atoms with van der Waals surface area (Å²) in [6, 6.07) is 8.36. The summed E-state index contributed by atoms with van der Waals surface area (Å²) in [5, 5.41) is 3.36. The molecule has 156 valence electrons. The maximum atomic E-state index is 11.9. The number of rotatable bonds is 7. The van der Waals surface area contributed by atoms with Gasteiger partial charge in [-0.05, 0) is 38.8 Å². The number of hydrogen-bond acceptors (Lipinski definition) is 4. The van der Waals surface area contributed by atoms with Crippen molar-refractivity contribution in [2.24, 2.45) is 4.99 Å². The molecule has 1 aromatic carbocycles. The fraction of sp³-hybridized carbons (Fsp3) is 0.619. The number of nitrogens with zero attached hydrogens (tertiary/aromatic N) is 3. The predicted octanol–water partition coefficient (Wildman–Crippen LogP) is 2.85. The van der Waals surface area contributed by atoms with E-state index in [-0.39, 0.29) is 12.2 Å². The molecular formula is C21H34N4O3. The van der Waals surface area contributed by atoms with Gasteiger partial charge in [0.25, 0.3) is 0 Å². The molecule has 0 radical (unpaired) electrons. The lowest BCUT2D eigenvalue weighted by Gasteiger charge is -2.35. The van der Waals surface area contributed by atoms with Gasteiger partial charge in [-0.3, -0.25) is 0 Å². The molecule has 0 aliphatic carbocycles. The standard InChI is InChI=1S/C21H34N4O3/c1-5-22-20(24-10-12-25(13-11-24)21(26)27-6-2)23-15-18-8-7-9-19(14-18)16-28-17(3)4/h7-9,14,17H,5-6,10-13,15-16H2,1-4H3,(H,22,23). The topological polar surface area (TPSA) is 66.4 Å². The molecular weight excluding hydrogens is 356 g/mol. The number of guanidine groups is 1. The third-order valence-electron chi connectivity index (χ3n) is 4.43. The zero-order valence-corrected chi connectivity index (χ0v) is 17.6. The Morgan fingerprint density at radius 1 is 1.14 bits per heavy atom. The van der Waals surface area contributed by atoms with Crippen molar-refractivity contribution in [2.75, 3.05) is 39.3 Å². The summed E-state index contributed by atoms with van der Waals surface area (Å²) in [4.78, 5) is 20.6. The van der Waals surface area contributed by atoms with E-state index in [0.29, 0.717) is 32.8 Å². The van der Waals surface area contributed by atoms with Crippen molar-refractivity contribution in [1.82, 2.24) is 15.1 Å². The van der Waals surface area contributed by atoms with Crippen molar-refractivity contribution < 1.29 is 14.3 Å². The van der Waals surface area contributed by atoms with Crippen LogP contribution < -0.4 is 5.32 Å². The molecule has 1 heterocycles. The number of carbonyl (C=O) groups is 1. The quantitative estimate of drug-likeness (QED) is 0.573. The lowest BCUT2D eigenvalue weighted by atomic mass is 10.1. The molecule has 0 unspecified atom stereocenters. The second kappa shape index (κ2) is 11.5. The summed E-state index contributed by atoms with van der Waals surface area (Å²) < 4.78 is 10.8. The summed E-state index contributed by atoms with van der Waals surface area (Å²) in [5.41, 5.74) is 2.32. The van der Waals surface area contributed by atoms with Crippen molar-refractivity contribution in [3.05, 3.63) is 35.4 Å². The molecule has 1 aliphatic rings.